The SMILES string of the molecule is CC1=CC(=O)CC(c2cccc(Cl)c2)N1C(=O)C(F)(F)F. The van der Waals surface area contributed by atoms with Gasteiger partial charge in [0, 0.05) is 23.2 Å². The predicted octanol–water partition coefficient (Wildman–Crippen LogP) is 3.65. The summed E-state index contributed by atoms with van der Waals surface area (Å²) < 4.78 is 38.2. The first-order chi connectivity index (χ1) is 9.70. The lowest BCUT2D eigenvalue weighted by atomic mass is 9.95. The first-order valence-corrected chi connectivity index (χ1v) is 6.45. The molecule has 0 aromatic heterocycles. The van der Waals surface area contributed by atoms with E-state index in [9.17, 15) is 22.8 Å². The van der Waals surface area contributed by atoms with Gasteiger partial charge in [0.1, 0.15) is 0 Å². The Bertz CT molecular complexity index is 625. The number of allylic oxidation sites excluding steroid dienone is 2. The normalized spacial score (nSPS) is 19.5. The van der Waals surface area contributed by atoms with E-state index in [1.54, 1.807) is 18.2 Å². The zero-order valence-electron chi connectivity index (χ0n) is 10.9. The second-order valence-electron chi connectivity index (χ2n) is 4.70. The molecular weight excluding hydrogens is 307 g/mol. The number of halogens is 4. The second-order valence-corrected chi connectivity index (χ2v) is 5.14. The summed E-state index contributed by atoms with van der Waals surface area (Å²) in [5.41, 5.74) is 0.361. The molecule has 0 bridgehead atoms. The van der Waals surface area contributed by atoms with Crippen LogP contribution in [0.25, 0.3) is 0 Å². The van der Waals surface area contributed by atoms with Crippen molar-refractivity contribution in [3.63, 3.8) is 0 Å². The Morgan fingerprint density at radius 1 is 1.38 bits per heavy atom. The van der Waals surface area contributed by atoms with Crippen LogP contribution in [0, 0.1) is 0 Å². The lowest BCUT2D eigenvalue weighted by Gasteiger charge is -2.35. The molecule has 0 spiro atoms. The fraction of sp³-hybridized carbons (Fsp3) is 0.286. The Morgan fingerprint density at radius 2 is 2.05 bits per heavy atom. The van der Waals surface area contributed by atoms with Crippen molar-refractivity contribution in [3.05, 3.63) is 46.6 Å². The van der Waals surface area contributed by atoms with Gasteiger partial charge in [-0.1, -0.05) is 23.7 Å². The zero-order chi connectivity index (χ0) is 15.8. The van der Waals surface area contributed by atoms with Crippen LogP contribution in [0.4, 0.5) is 13.2 Å². The molecule has 1 amide bonds. The number of rotatable bonds is 1. The first-order valence-electron chi connectivity index (χ1n) is 6.07. The van der Waals surface area contributed by atoms with Gasteiger partial charge < -0.3 is 4.90 Å². The molecule has 1 atom stereocenters. The van der Waals surface area contributed by atoms with Crippen molar-refractivity contribution in [2.75, 3.05) is 0 Å². The molecule has 0 fully saturated rings. The van der Waals surface area contributed by atoms with E-state index in [0.717, 1.165) is 6.08 Å². The van der Waals surface area contributed by atoms with Gasteiger partial charge >= 0.3 is 12.1 Å². The Kier molecular flexibility index (Phi) is 4.09. The molecule has 0 radical (unpaired) electrons. The monoisotopic (exact) mass is 317 g/mol. The standard InChI is InChI=1S/C14H11ClF3NO2/c1-8-5-11(20)7-12(9-3-2-4-10(15)6-9)19(8)13(21)14(16,17)18/h2-6,12H,7H2,1H3. The van der Waals surface area contributed by atoms with Crippen molar-refractivity contribution in [2.45, 2.75) is 25.6 Å². The van der Waals surface area contributed by atoms with Gasteiger partial charge in [0.15, 0.2) is 5.78 Å². The maximum atomic E-state index is 12.7. The Labute approximate surface area is 124 Å². The number of alkyl halides is 3. The molecule has 7 heteroatoms. The fourth-order valence-electron chi connectivity index (χ4n) is 2.31. The van der Waals surface area contributed by atoms with Crippen LogP contribution in [-0.4, -0.2) is 22.8 Å². The second kappa shape index (κ2) is 5.52. The van der Waals surface area contributed by atoms with E-state index in [4.69, 9.17) is 11.6 Å². The summed E-state index contributed by atoms with van der Waals surface area (Å²) in [5.74, 6) is -2.32. The third-order valence-electron chi connectivity index (χ3n) is 3.15. The number of amides is 1. The average molecular weight is 318 g/mol. The van der Waals surface area contributed by atoms with Crippen LogP contribution in [0.3, 0.4) is 0 Å². The molecule has 0 saturated heterocycles. The van der Waals surface area contributed by atoms with Crippen molar-refractivity contribution < 1.29 is 22.8 Å². The van der Waals surface area contributed by atoms with Crippen molar-refractivity contribution in [3.8, 4) is 0 Å². The van der Waals surface area contributed by atoms with Crippen LogP contribution in [0.1, 0.15) is 24.9 Å². The molecular formula is C14H11ClF3NO2. The molecule has 21 heavy (non-hydrogen) atoms. The molecule has 0 aliphatic carbocycles. The minimum absolute atomic E-state index is 0.0291. The molecule has 2 rings (SSSR count). The summed E-state index contributed by atoms with van der Waals surface area (Å²) in [4.78, 5) is 23.9. The number of carbonyl (C=O) groups excluding carboxylic acids is 2. The molecule has 1 aromatic rings. The molecule has 1 aromatic carbocycles. The number of ketones is 1. The van der Waals surface area contributed by atoms with Crippen LogP contribution in [0.5, 0.6) is 0 Å². The van der Waals surface area contributed by atoms with Crippen molar-refractivity contribution in [1.29, 1.82) is 0 Å². The van der Waals surface area contributed by atoms with Gasteiger partial charge in [-0.3, -0.25) is 9.59 Å². The molecule has 112 valence electrons. The summed E-state index contributed by atoms with van der Waals surface area (Å²) >= 11 is 5.83. The topological polar surface area (TPSA) is 37.4 Å². The quantitative estimate of drug-likeness (QED) is 0.793. The van der Waals surface area contributed by atoms with Gasteiger partial charge in [-0.15, -0.1) is 0 Å². The maximum absolute atomic E-state index is 12.7. The number of hydrogen-bond acceptors (Lipinski definition) is 2. The van der Waals surface area contributed by atoms with Crippen molar-refractivity contribution in [1.82, 2.24) is 4.90 Å². The fourth-order valence-corrected chi connectivity index (χ4v) is 2.51. The smallest absolute Gasteiger partial charge is 0.301 e. The number of benzene rings is 1. The number of hydrogen-bond donors (Lipinski definition) is 0. The highest BCUT2D eigenvalue weighted by Crippen LogP contribution is 2.36. The van der Waals surface area contributed by atoms with Crippen molar-refractivity contribution >= 4 is 23.3 Å². The maximum Gasteiger partial charge on any atom is 0.471 e. The summed E-state index contributed by atoms with van der Waals surface area (Å²) in [6.07, 6.45) is -4.17. The van der Waals surface area contributed by atoms with Gasteiger partial charge in [0.25, 0.3) is 0 Å². The van der Waals surface area contributed by atoms with Gasteiger partial charge in [-0.2, -0.15) is 13.2 Å². The highest BCUT2D eigenvalue weighted by atomic mass is 35.5. The number of carbonyl (C=O) groups is 2. The minimum atomic E-state index is -5.01. The summed E-state index contributed by atoms with van der Waals surface area (Å²) in [7, 11) is 0. The van der Waals surface area contributed by atoms with Gasteiger partial charge in [-0.25, -0.2) is 0 Å². The van der Waals surface area contributed by atoms with E-state index in [2.05, 4.69) is 0 Å². The Morgan fingerprint density at radius 3 is 2.62 bits per heavy atom. The Hall–Kier alpha value is -1.82. The van der Waals surface area contributed by atoms with Crippen LogP contribution in [0.15, 0.2) is 36.0 Å². The summed E-state index contributed by atoms with van der Waals surface area (Å²) in [6, 6.07) is 5.11. The number of nitrogens with zero attached hydrogens (tertiary/aromatic N) is 1. The Balaban J connectivity index is 2.48. The van der Waals surface area contributed by atoms with Crippen LogP contribution >= 0.6 is 11.6 Å². The van der Waals surface area contributed by atoms with Crippen LogP contribution in [-0.2, 0) is 9.59 Å². The lowest BCUT2D eigenvalue weighted by molar-refractivity contribution is -0.186. The molecule has 3 nitrogen and oxygen atoms in total. The molecule has 0 N–H and O–H groups in total. The highest BCUT2D eigenvalue weighted by Gasteiger charge is 2.47. The van der Waals surface area contributed by atoms with E-state index in [1.165, 1.54) is 13.0 Å². The van der Waals surface area contributed by atoms with Gasteiger partial charge in [-0.05, 0) is 24.6 Å². The van der Waals surface area contributed by atoms with E-state index in [1.807, 2.05) is 0 Å². The van der Waals surface area contributed by atoms with E-state index in [0.29, 0.717) is 15.5 Å². The average Bonchev–Trinajstić information content (AvgIpc) is 2.36. The van der Waals surface area contributed by atoms with Crippen molar-refractivity contribution in [2.24, 2.45) is 0 Å². The van der Waals surface area contributed by atoms with Gasteiger partial charge in [0.2, 0.25) is 0 Å². The van der Waals surface area contributed by atoms with E-state index < -0.39 is 18.1 Å². The third-order valence-corrected chi connectivity index (χ3v) is 3.39. The summed E-state index contributed by atoms with van der Waals surface area (Å²) in [6.45, 7) is 1.30. The zero-order valence-corrected chi connectivity index (χ0v) is 11.7. The molecule has 1 aliphatic heterocycles. The first kappa shape index (κ1) is 15.6. The highest BCUT2D eigenvalue weighted by molar-refractivity contribution is 6.30. The third kappa shape index (κ3) is 3.26. The largest absolute Gasteiger partial charge is 0.471 e. The molecule has 1 aliphatic rings. The predicted molar refractivity (Wildman–Crippen MR) is 70.5 cm³/mol. The van der Waals surface area contributed by atoms with Gasteiger partial charge in [0.05, 0.1) is 6.04 Å². The molecule has 1 heterocycles. The van der Waals surface area contributed by atoms with Crippen LogP contribution in [0.2, 0.25) is 5.02 Å². The lowest BCUT2D eigenvalue weighted by Crippen LogP contribution is -2.44. The van der Waals surface area contributed by atoms with E-state index >= 15 is 0 Å². The van der Waals surface area contributed by atoms with E-state index in [-0.39, 0.29) is 17.9 Å². The van der Waals surface area contributed by atoms with Crippen LogP contribution < -0.4 is 0 Å². The molecule has 1 unspecified atom stereocenters. The minimum Gasteiger partial charge on any atom is -0.301 e. The molecule has 0 saturated carbocycles. The summed E-state index contributed by atoms with van der Waals surface area (Å²) in [5, 5.41) is 0.326.